The van der Waals surface area contributed by atoms with E-state index in [0.717, 1.165) is 27.7 Å². The molecule has 136 valence electrons. The van der Waals surface area contributed by atoms with Crippen LogP contribution in [0.25, 0.3) is 0 Å². The summed E-state index contributed by atoms with van der Waals surface area (Å²) in [6.07, 6.45) is -6.13. The molecule has 0 aliphatic carbocycles. The summed E-state index contributed by atoms with van der Waals surface area (Å²) < 4.78 is 9.39. The van der Waals surface area contributed by atoms with Gasteiger partial charge >= 0.3 is 11.9 Å². The lowest BCUT2D eigenvalue weighted by molar-refractivity contribution is -0.205. The Morgan fingerprint density at radius 2 is 1.42 bits per heavy atom. The molecule has 0 unspecified atom stereocenters. The van der Waals surface area contributed by atoms with Crippen LogP contribution >= 0.6 is 0 Å². The minimum absolute atomic E-state index is 0.744. The molecule has 0 rings (SSSR count). The molecule has 0 aliphatic heterocycles. The first-order valence-corrected chi connectivity index (χ1v) is 6.81. The maximum Gasteiger partial charge on any atom is 0.303 e. The fraction of sp³-hybridized carbons (Fsp3) is 0.643. The van der Waals surface area contributed by atoms with Gasteiger partial charge in [0.2, 0.25) is 11.4 Å². The second-order valence-electron chi connectivity index (χ2n) is 5.06. The zero-order chi connectivity index (χ0) is 19.2. The number of hydrogen-bond acceptors (Lipinski definition) is 10. The first-order valence-electron chi connectivity index (χ1n) is 6.81. The third-order valence-electron chi connectivity index (χ3n) is 3.07. The molecule has 0 radical (unpaired) electrons. The average Bonchev–Trinajstić information content (AvgIpc) is 2.47. The molecule has 10 heteroatoms. The van der Waals surface area contributed by atoms with Crippen LogP contribution in [-0.4, -0.2) is 75.1 Å². The van der Waals surface area contributed by atoms with Crippen LogP contribution in [0.4, 0.5) is 0 Å². The number of Topliss-reactive ketones (excluding diaryl/α,β-unsaturated/α-hetero) is 3. The number of aliphatic hydroxyl groups is 3. The van der Waals surface area contributed by atoms with Gasteiger partial charge in [-0.15, -0.1) is 0 Å². The van der Waals surface area contributed by atoms with E-state index < -0.39 is 59.8 Å². The Morgan fingerprint density at radius 1 is 0.958 bits per heavy atom. The largest absolute Gasteiger partial charge is 0.456 e. The van der Waals surface area contributed by atoms with Crippen molar-refractivity contribution in [3.63, 3.8) is 0 Å². The Bertz CT molecular complexity index is 540. The summed E-state index contributed by atoms with van der Waals surface area (Å²) in [5.74, 6) is -6.26. The fourth-order valence-corrected chi connectivity index (χ4v) is 1.96. The average molecular weight is 348 g/mol. The third kappa shape index (κ3) is 4.91. The fourth-order valence-electron chi connectivity index (χ4n) is 1.96. The Labute approximate surface area is 137 Å². The summed E-state index contributed by atoms with van der Waals surface area (Å²) in [6, 6.07) is 0. The van der Waals surface area contributed by atoms with Gasteiger partial charge in [0, 0.05) is 20.8 Å². The first kappa shape index (κ1) is 21.8. The van der Waals surface area contributed by atoms with Crippen LogP contribution in [-0.2, 0) is 33.4 Å². The molecular formula is C14H20O10. The number of rotatable bonds is 9. The van der Waals surface area contributed by atoms with Gasteiger partial charge in [-0.05, 0) is 6.92 Å². The van der Waals surface area contributed by atoms with Crippen LogP contribution in [0.5, 0.6) is 0 Å². The minimum atomic E-state index is -3.20. The van der Waals surface area contributed by atoms with E-state index in [-0.39, 0.29) is 0 Å². The van der Waals surface area contributed by atoms with Crippen LogP contribution in [0.1, 0.15) is 27.7 Å². The molecule has 0 saturated heterocycles. The van der Waals surface area contributed by atoms with E-state index in [2.05, 4.69) is 0 Å². The summed E-state index contributed by atoms with van der Waals surface area (Å²) >= 11 is 0. The predicted molar refractivity (Wildman–Crippen MR) is 75.5 cm³/mol. The monoisotopic (exact) mass is 348 g/mol. The van der Waals surface area contributed by atoms with Crippen molar-refractivity contribution in [3.8, 4) is 0 Å². The smallest absolute Gasteiger partial charge is 0.303 e. The van der Waals surface area contributed by atoms with Gasteiger partial charge in [-0.25, -0.2) is 0 Å². The van der Waals surface area contributed by atoms with Gasteiger partial charge in [0.15, 0.2) is 23.8 Å². The van der Waals surface area contributed by atoms with E-state index in [1.807, 2.05) is 0 Å². The standard InChI is InChI=1S/C14H20O10/c1-6(16)12(21)14(22,7(2)17)13(24-9(4)19)11(10(20)5-15)23-8(3)18/h10-11,13,15,20,22H,5H2,1-4H3/t10-,11-,13+,14-/m1/s1. The zero-order valence-corrected chi connectivity index (χ0v) is 13.6. The van der Waals surface area contributed by atoms with Gasteiger partial charge in [0.1, 0.15) is 6.10 Å². The number of ether oxygens (including phenoxy) is 2. The lowest BCUT2D eigenvalue weighted by Crippen LogP contribution is -2.65. The van der Waals surface area contributed by atoms with Crippen molar-refractivity contribution in [2.45, 2.75) is 51.6 Å². The first-order chi connectivity index (χ1) is 10.9. The van der Waals surface area contributed by atoms with E-state index in [1.54, 1.807) is 0 Å². The molecule has 3 N–H and O–H groups in total. The molecular weight excluding hydrogens is 328 g/mol. The lowest BCUT2D eigenvalue weighted by atomic mass is 9.81. The SMILES string of the molecule is CC(=O)O[C@H]([C@H](O)CO)[C@H](OC(C)=O)[C@@](O)(C(C)=O)C(=O)C(C)=O. The molecule has 10 nitrogen and oxygen atoms in total. The lowest BCUT2D eigenvalue weighted by Gasteiger charge is -2.37. The van der Waals surface area contributed by atoms with Crippen molar-refractivity contribution in [2.75, 3.05) is 6.61 Å². The molecule has 0 heterocycles. The third-order valence-corrected chi connectivity index (χ3v) is 3.07. The molecule has 4 atom stereocenters. The molecule has 0 aromatic carbocycles. The minimum Gasteiger partial charge on any atom is -0.456 e. The summed E-state index contributed by atoms with van der Waals surface area (Å²) in [4.78, 5) is 57.7. The van der Waals surface area contributed by atoms with Crippen LogP contribution < -0.4 is 0 Å². The van der Waals surface area contributed by atoms with Gasteiger partial charge in [-0.3, -0.25) is 24.0 Å². The van der Waals surface area contributed by atoms with E-state index in [1.165, 1.54) is 0 Å². The molecule has 0 aromatic rings. The maximum absolute atomic E-state index is 12.0. The maximum atomic E-state index is 12.0. The summed E-state index contributed by atoms with van der Waals surface area (Å²) in [5.41, 5.74) is -3.20. The van der Waals surface area contributed by atoms with Crippen LogP contribution in [0.3, 0.4) is 0 Å². The van der Waals surface area contributed by atoms with Crippen molar-refractivity contribution < 1.29 is 48.8 Å². The number of carbonyl (C=O) groups is 5. The van der Waals surface area contributed by atoms with Crippen molar-refractivity contribution in [2.24, 2.45) is 0 Å². The van der Waals surface area contributed by atoms with Crippen LogP contribution in [0.2, 0.25) is 0 Å². The Hall–Kier alpha value is -2.17. The highest BCUT2D eigenvalue weighted by Gasteiger charge is 2.57. The van der Waals surface area contributed by atoms with Crippen molar-refractivity contribution in [1.82, 2.24) is 0 Å². The molecule has 0 aliphatic rings. The number of hydrogen-bond donors (Lipinski definition) is 3. The summed E-state index contributed by atoms with van der Waals surface area (Å²) in [6.45, 7) is 2.26. The van der Waals surface area contributed by atoms with Crippen LogP contribution in [0, 0.1) is 0 Å². The number of carbonyl (C=O) groups excluding carboxylic acids is 5. The van der Waals surface area contributed by atoms with E-state index in [4.69, 9.17) is 14.6 Å². The molecule has 0 spiro atoms. The van der Waals surface area contributed by atoms with Gasteiger partial charge in [-0.1, -0.05) is 0 Å². The molecule has 0 fully saturated rings. The van der Waals surface area contributed by atoms with E-state index >= 15 is 0 Å². The summed E-state index contributed by atoms with van der Waals surface area (Å²) in [7, 11) is 0. The molecule has 0 amide bonds. The predicted octanol–water partition coefficient (Wildman–Crippen LogP) is -2.32. The Morgan fingerprint density at radius 3 is 1.71 bits per heavy atom. The van der Waals surface area contributed by atoms with Crippen molar-refractivity contribution >= 4 is 29.3 Å². The number of esters is 2. The quantitative estimate of drug-likeness (QED) is 0.234. The molecule has 24 heavy (non-hydrogen) atoms. The molecule has 0 bridgehead atoms. The Kier molecular flexibility index (Phi) is 7.84. The van der Waals surface area contributed by atoms with Gasteiger partial charge < -0.3 is 24.8 Å². The topological polar surface area (TPSA) is 164 Å². The van der Waals surface area contributed by atoms with Crippen molar-refractivity contribution in [3.05, 3.63) is 0 Å². The summed E-state index contributed by atoms with van der Waals surface area (Å²) in [5, 5.41) is 29.3. The number of aliphatic hydroxyl groups excluding tert-OH is 2. The zero-order valence-electron chi connectivity index (χ0n) is 13.6. The highest BCUT2D eigenvalue weighted by molar-refractivity contribution is 6.44. The van der Waals surface area contributed by atoms with Gasteiger partial charge in [-0.2, -0.15) is 0 Å². The highest BCUT2D eigenvalue weighted by Crippen LogP contribution is 2.25. The molecule has 0 saturated carbocycles. The van der Waals surface area contributed by atoms with Gasteiger partial charge in [0.25, 0.3) is 0 Å². The molecule has 0 aromatic heterocycles. The van der Waals surface area contributed by atoms with E-state index in [9.17, 15) is 34.2 Å². The second-order valence-corrected chi connectivity index (χ2v) is 5.06. The van der Waals surface area contributed by atoms with E-state index in [0.29, 0.717) is 0 Å². The highest BCUT2D eigenvalue weighted by atomic mass is 16.6. The number of ketones is 3. The second kappa shape index (κ2) is 8.62. The normalized spacial score (nSPS) is 17.0. The van der Waals surface area contributed by atoms with Crippen molar-refractivity contribution in [1.29, 1.82) is 0 Å². The Balaban J connectivity index is 6.30. The van der Waals surface area contributed by atoms with Crippen LogP contribution in [0.15, 0.2) is 0 Å². The van der Waals surface area contributed by atoms with Gasteiger partial charge in [0.05, 0.1) is 6.61 Å².